The summed E-state index contributed by atoms with van der Waals surface area (Å²) in [6.07, 6.45) is 3.18. The summed E-state index contributed by atoms with van der Waals surface area (Å²) in [5.41, 5.74) is -0.228. The molecule has 0 aliphatic heterocycles. The molecule has 1 aromatic rings. The highest BCUT2D eigenvalue weighted by molar-refractivity contribution is 4.91. The molecule has 0 atom stereocenters. The molecule has 0 unspecified atom stereocenters. The first-order valence-electron chi connectivity index (χ1n) is 5.01. The smallest absolute Gasteiger partial charge is 0.213 e. The first-order valence-corrected chi connectivity index (χ1v) is 5.01. The van der Waals surface area contributed by atoms with Gasteiger partial charge in [-0.05, 0) is 33.2 Å². The van der Waals surface area contributed by atoms with Crippen LogP contribution in [0.3, 0.4) is 0 Å². The normalized spacial score (nSPS) is 11.3. The number of rotatable bonds is 6. The molecule has 1 N–H and O–H groups in total. The van der Waals surface area contributed by atoms with Crippen LogP contribution in [0.1, 0.15) is 32.5 Å². The van der Waals surface area contributed by atoms with E-state index in [4.69, 9.17) is 5.26 Å². The van der Waals surface area contributed by atoms with E-state index < -0.39 is 0 Å². The zero-order valence-electron chi connectivity index (χ0n) is 9.16. The highest BCUT2D eigenvalue weighted by Crippen LogP contribution is 2.19. The van der Waals surface area contributed by atoms with E-state index in [9.17, 15) is 0 Å². The molecule has 1 heterocycles. The fourth-order valence-electron chi connectivity index (χ4n) is 1.18. The van der Waals surface area contributed by atoms with Crippen molar-refractivity contribution < 1.29 is 4.52 Å². The van der Waals surface area contributed by atoms with Crippen LogP contribution in [0, 0.1) is 16.7 Å². The molecule has 5 heteroatoms. The van der Waals surface area contributed by atoms with Crippen LogP contribution in [0.15, 0.2) is 10.9 Å². The van der Waals surface area contributed by atoms with Crippen LogP contribution < -0.4 is 5.32 Å². The van der Waals surface area contributed by atoms with Crippen molar-refractivity contribution >= 4 is 0 Å². The Morgan fingerprint density at radius 2 is 2.40 bits per heavy atom. The Kier molecular flexibility index (Phi) is 4.25. The SMILES string of the molecule is CC(C)(C#N)CCCNCc1ncon1. The molecule has 1 aromatic heterocycles. The van der Waals surface area contributed by atoms with Crippen molar-refractivity contribution in [2.45, 2.75) is 33.2 Å². The third-order valence-electron chi connectivity index (χ3n) is 2.15. The summed E-state index contributed by atoms with van der Waals surface area (Å²) in [6, 6.07) is 2.28. The van der Waals surface area contributed by atoms with E-state index in [1.165, 1.54) is 6.39 Å². The molecule has 0 amide bonds. The predicted octanol–water partition coefficient (Wildman–Crippen LogP) is 1.49. The number of hydrogen-bond acceptors (Lipinski definition) is 5. The summed E-state index contributed by atoms with van der Waals surface area (Å²) in [5.74, 6) is 0.662. The summed E-state index contributed by atoms with van der Waals surface area (Å²) in [5, 5.41) is 15.7. The third-order valence-corrected chi connectivity index (χ3v) is 2.15. The van der Waals surface area contributed by atoms with Gasteiger partial charge < -0.3 is 9.84 Å². The van der Waals surface area contributed by atoms with Crippen molar-refractivity contribution in [3.8, 4) is 6.07 Å². The molecular weight excluding hydrogens is 192 g/mol. The van der Waals surface area contributed by atoms with Crippen molar-refractivity contribution in [3.63, 3.8) is 0 Å². The van der Waals surface area contributed by atoms with Gasteiger partial charge in [0.25, 0.3) is 0 Å². The fraction of sp³-hybridized carbons (Fsp3) is 0.700. The Labute approximate surface area is 89.5 Å². The molecule has 0 radical (unpaired) electrons. The van der Waals surface area contributed by atoms with Gasteiger partial charge in [0.15, 0.2) is 5.82 Å². The molecule has 0 aliphatic carbocycles. The second-order valence-electron chi connectivity index (χ2n) is 4.12. The first kappa shape index (κ1) is 11.7. The number of nitrogens with one attached hydrogen (secondary N) is 1. The number of aromatic nitrogens is 2. The maximum atomic E-state index is 8.80. The van der Waals surface area contributed by atoms with E-state index in [1.54, 1.807) is 0 Å². The lowest BCUT2D eigenvalue weighted by atomic mass is 9.90. The lowest BCUT2D eigenvalue weighted by molar-refractivity contribution is 0.403. The first-order chi connectivity index (χ1) is 7.14. The highest BCUT2D eigenvalue weighted by atomic mass is 16.5. The van der Waals surface area contributed by atoms with E-state index in [0.717, 1.165) is 19.4 Å². The van der Waals surface area contributed by atoms with Crippen LogP contribution in [-0.4, -0.2) is 16.7 Å². The Morgan fingerprint density at radius 1 is 1.60 bits per heavy atom. The van der Waals surface area contributed by atoms with Gasteiger partial charge >= 0.3 is 0 Å². The molecule has 0 bridgehead atoms. The molecule has 82 valence electrons. The van der Waals surface area contributed by atoms with Gasteiger partial charge in [0, 0.05) is 0 Å². The Morgan fingerprint density at radius 3 is 3.00 bits per heavy atom. The van der Waals surface area contributed by atoms with Gasteiger partial charge in [-0.3, -0.25) is 0 Å². The minimum absolute atomic E-state index is 0.228. The van der Waals surface area contributed by atoms with Crippen molar-refractivity contribution in [3.05, 3.63) is 12.2 Å². The largest absolute Gasteiger partial charge is 0.343 e. The van der Waals surface area contributed by atoms with E-state index in [2.05, 4.69) is 26.0 Å². The maximum absolute atomic E-state index is 8.80. The van der Waals surface area contributed by atoms with Gasteiger partial charge in [-0.2, -0.15) is 10.2 Å². The molecular formula is C10H16N4O. The van der Waals surface area contributed by atoms with Gasteiger partial charge in [-0.25, -0.2) is 0 Å². The van der Waals surface area contributed by atoms with Crippen LogP contribution in [-0.2, 0) is 6.54 Å². The quantitative estimate of drug-likeness (QED) is 0.717. The standard InChI is InChI=1S/C10H16N4O/c1-10(2,7-11)4-3-5-12-6-9-13-8-15-14-9/h8,12H,3-6H2,1-2H3. The van der Waals surface area contributed by atoms with E-state index in [1.807, 2.05) is 13.8 Å². The molecule has 1 rings (SSSR count). The number of nitrogens with zero attached hydrogens (tertiary/aromatic N) is 3. The Balaban J connectivity index is 2.06. The second-order valence-corrected chi connectivity index (χ2v) is 4.12. The predicted molar refractivity (Wildman–Crippen MR) is 54.6 cm³/mol. The molecule has 0 saturated heterocycles. The maximum Gasteiger partial charge on any atom is 0.213 e. The van der Waals surface area contributed by atoms with E-state index >= 15 is 0 Å². The lowest BCUT2D eigenvalue weighted by Gasteiger charge is -2.14. The second kappa shape index (κ2) is 5.47. The van der Waals surface area contributed by atoms with Gasteiger partial charge in [0.1, 0.15) is 0 Å². The lowest BCUT2D eigenvalue weighted by Crippen LogP contribution is -2.18. The summed E-state index contributed by atoms with van der Waals surface area (Å²) >= 11 is 0. The summed E-state index contributed by atoms with van der Waals surface area (Å²) in [7, 11) is 0. The average molecular weight is 208 g/mol. The zero-order valence-corrected chi connectivity index (χ0v) is 9.16. The van der Waals surface area contributed by atoms with Crippen LogP contribution in [0.4, 0.5) is 0 Å². The van der Waals surface area contributed by atoms with Crippen molar-refractivity contribution in [2.24, 2.45) is 5.41 Å². The molecule has 0 saturated carbocycles. The van der Waals surface area contributed by atoms with Gasteiger partial charge in [-0.15, -0.1) is 0 Å². The molecule has 0 spiro atoms. The molecule has 15 heavy (non-hydrogen) atoms. The number of nitriles is 1. The molecule has 0 aromatic carbocycles. The molecule has 5 nitrogen and oxygen atoms in total. The summed E-state index contributed by atoms with van der Waals surface area (Å²) < 4.78 is 4.60. The Bertz CT molecular complexity index is 313. The molecule has 0 fully saturated rings. The summed E-state index contributed by atoms with van der Waals surface area (Å²) in [6.45, 7) is 5.38. The minimum Gasteiger partial charge on any atom is -0.343 e. The van der Waals surface area contributed by atoms with Crippen molar-refractivity contribution in [1.29, 1.82) is 5.26 Å². The topological polar surface area (TPSA) is 74.7 Å². The van der Waals surface area contributed by atoms with E-state index in [0.29, 0.717) is 12.4 Å². The molecule has 0 aliphatic rings. The van der Waals surface area contributed by atoms with Gasteiger partial charge in [0.2, 0.25) is 6.39 Å². The van der Waals surface area contributed by atoms with Crippen molar-refractivity contribution in [1.82, 2.24) is 15.5 Å². The Hall–Kier alpha value is -1.41. The van der Waals surface area contributed by atoms with Crippen LogP contribution in [0.25, 0.3) is 0 Å². The van der Waals surface area contributed by atoms with Crippen molar-refractivity contribution in [2.75, 3.05) is 6.54 Å². The minimum atomic E-state index is -0.228. The van der Waals surface area contributed by atoms with Crippen LogP contribution in [0.2, 0.25) is 0 Å². The van der Waals surface area contributed by atoms with E-state index in [-0.39, 0.29) is 5.41 Å². The fourth-order valence-corrected chi connectivity index (χ4v) is 1.18. The average Bonchev–Trinajstić information content (AvgIpc) is 2.70. The summed E-state index contributed by atoms with van der Waals surface area (Å²) in [4.78, 5) is 3.89. The van der Waals surface area contributed by atoms with Gasteiger partial charge in [0.05, 0.1) is 18.0 Å². The monoisotopic (exact) mass is 208 g/mol. The number of hydrogen-bond donors (Lipinski definition) is 1. The van der Waals surface area contributed by atoms with Crippen LogP contribution in [0.5, 0.6) is 0 Å². The van der Waals surface area contributed by atoms with Gasteiger partial charge in [-0.1, -0.05) is 5.16 Å². The third kappa shape index (κ3) is 4.56. The zero-order chi connectivity index (χ0) is 11.1. The highest BCUT2D eigenvalue weighted by Gasteiger charge is 2.15. The van der Waals surface area contributed by atoms with Crippen LogP contribution >= 0.6 is 0 Å².